The van der Waals surface area contributed by atoms with Crippen molar-refractivity contribution in [3.05, 3.63) is 82.5 Å². The standard InChI is InChI=1S/C24H18Cl2N4OS/c25-19-7-4-15(13-18(19)21-8-9-22-23(29-21)3-1-10-27-22)28-24(31)17-6-5-16(14-20(17)26)30-11-2-12-32-30/h1,3-10,13-14H,2,11-12H2,(H,28,31). The van der Waals surface area contributed by atoms with E-state index < -0.39 is 0 Å². The molecule has 1 fully saturated rings. The van der Waals surface area contributed by atoms with Gasteiger partial charge in [0.05, 0.1) is 32.3 Å². The van der Waals surface area contributed by atoms with E-state index in [1.807, 2.05) is 42.5 Å². The summed E-state index contributed by atoms with van der Waals surface area (Å²) in [6.45, 7) is 0.985. The topological polar surface area (TPSA) is 58.1 Å². The lowest BCUT2D eigenvalue weighted by Crippen LogP contribution is -2.14. The molecule has 3 heterocycles. The Bertz CT molecular complexity index is 1320. The zero-order valence-corrected chi connectivity index (χ0v) is 19.2. The van der Waals surface area contributed by atoms with Crippen LogP contribution in [0.3, 0.4) is 0 Å². The third kappa shape index (κ3) is 4.26. The zero-order chi connectivity index (χ0) is 22.1. The van der Waals surface area contributed by atoms with Crippen LogP contribution in [-0.2, 0) is 0 Å². The summed E-state index contributed by atoms with van der Waals surface area (Å²) in [6, 6.07) is 18.4. The normalized spacial score (nSPS) is 13.5. The van der Waals surface area contributed by atoms with Crippen molar-refractivity contribution >= 4 is 63.5 Å². The maximum absolute atomic E-state index is 12.9. The van der Waals surface area contributed by atoms with Gasteiger partial charge >= 0.3 is 0 Å². The molecule has 0 atom stereocenters. The summed E-state index contributed by atoms with van der Waals surface area (Å²) < 4.78 is 2.20. The molecule has 8 heteroatoms. The third-order valence-corrected chi connectivity index (χ3v) is 7.01. The summed E-state index contributed by atoms with van der Waals surface area (Å²) in [5, 5.41) is 3.89. The number of rotatable bonds is 4. The Labute approximate surface area is 199 Å². The van der Waals surface area contributed by atoms with Gasteiger partial charge in [0.15, 0.2) is 0 Å². The van der Waals surface area contributed by atoms with Crippen molar-refractivity contribution in [3.63, 3.8) is 0 Å². The van der Waals surface area contributed by atoms with E-state index in [4.69, 9.17) is 23.2 Å². The number of pyridine rings is 2. The highest BCUT2D eigenvalue weighted by Crippen LogP contribution is 2.33. The number of anilines is 2. The van der Waals surface area contributed by atoms with E-state index in [1.54, 1.807) is 36.3 Å². The average molecular weight is 481 g/mol. The van der Waals surface area contributed by atoms with Gasteiger partial charge in [-0.25, -0.2) is 4.98 Å². The highest BCUT2D eigenvalue weighted by Gasteiger charge is 2.17. The number of carbonyl (C=O) groups excluding carboxylic acids is 1. The van der Waals surface area contributed by atoms with Crippen LogP contribution in [0.4, 0.5) is 11.4 Å². The first kappa shape index (κ1) is 21.1. The molecule has 4 aromatic rings. The van der Waals surface area contributed by atoms with Gasteiger partial charge in [0.2, 0.25) is 0 Å². The van der Waals surface area contributed by atoms with E-state index in [0.29, 0.717) is 27.0 Å². The second-order valence-corrected chi connectivity index (χ2v) is 9.26. The molecule has 32 heavy (non-hydrogen) atoms. The molecule has 2 aromatic carbocycles. The highest BCUT2D eigenvalue weighted by molar-refractivity contribution is 8.00. The molecule has 1 saturated heterocycles. The summed E-state index contributed by atoms with van der Waals surface area (Å²) in [5.74, 6) is 0.820. The molecular weight excluding hydrogens is 463 g/mol. The fraction of sp³-hybridized carbons (Fsp3) is 0.125. The molecular formula is C24H18Cl2N4OS. The van der Waals surface area contributed by atoms with E-state index in [-0.39, 0.29) is 5.91 Å². The smallest absolute Gasteiger partial charge is 0.257 e. The number of hydrogen-bond donors (Lipinski definition) is 1. The number of benzene rings is 2. The first-order valence-electron chi connectivity index (χ1n) is 10.1. The van der Waals surface area contributed by atoms with Crippen molar-refractivity contribution in [2.75, 3.05) is 21.9 Å². The van der Waals surface area contributed by atoms with Crippen molar-refractivity contribution in [2.24, 2.45) is 0 Å². The van der Waals surface area contributed by atoms with Crippen LogP contribution in [0.1, 0.15) is 16.8 Å². The summed E-state index contributed by atoms with van der Waals surface area (Å²) >= 11 is 14.7. The molecule has 1 N–H and O–H groups in total. The number of carbonyl (C=O) groups is 1. The van der Waals surface area contributed by atoms with Crippen LogP contribution < -0.4 is 9.62 Å². The molecule has 0 radical (unpaired) electrons. The molecule has 0 unspecified atom stereocenters. The lowest BCUT2D eigenvalue weighted by molar-refractivity contribution is 0.102. The number of halogens is 2. The molecule has 0 spiro atoms. The fourth-order valence-corrected chi connectivity index (χ4v) is 5.07. The summed E-state index contributed by atoms with van der Waals surface area (Å²) in [4.78, 5) is 21.9. The molecule has 0 aliphatic carbocycles. The van der Waals surface area contributed by atoms with E-state index >= 15 is 0 Å². The first-order chi connectivity index (χ1) is 15.6. The second-order valence-electron chi connectivity index (χ2n) is 7.34. The van der Waals surface area contributed by atoms with Crippen LogP contribution in [0.15, 0.2) is 66.9 Å². The summed E-state index contributed by atoms with van der Waals surface area (Å²) in [7, 11) is 0. The third-order valence-electron chi connectivity index (χ3n) is 5.19. The molecule has 1 amide bonds. The van der Waals surface area contributed by atoms with E-state index in [9.17, 15) is 4.79 Å². The van der Waals surface area contributed by atoms with Gasteiger partial charge in [0.1, 0.15) is 0 Å². The predicted molar refractivity (Wildman–Crippen MR) is 134 cm³/mol. The molecule has 1 aliphatic rings. The molecule has 0 saturated carbocycles. The lowest BCUT2D eigenvalue weighted by Gasteiger charge is -2.17. The lowest BCUT2D eigenvalue weighted by atomic mass is 10.1. The van der Waals surface area contributed by atoms with Gasteiger partial charge in [-0.1, -0.05) is 23.2 Å². The van der Waals surface area contributed by atoms with Gasteiger partial charge in [0.25, 0.3) is 5.91 Å². The maximum Gasteiger partial charge on any atom is 0.257 e. The highest BCUT2D eigenvalue weighted by atomic mass is 35.5. The number of nitrogens with zero attached hydrogens (tertiary/aromatic N) is 3. The minimum Gasteiger partial charge on any atom is -0.322 e. The van der Waals surface area contributed by atoms with Gasteiger partial charge in [-0.15, -0.1) is 0 Å². The number of hydrogen-bond acceptors (Lipinski definition) is 5. The van der Waals surface area contributed by atoms with Gasteiger partial charge in [0, 0.05) is 35.4 Å². The van der Waals surface area contributed by atoms with Crippen LogP contribution in [0.25, 0.3) is 22.3 Å². The van der Waals surface area contributed by atoms with Crippen LogP contribution in [0, 0.1) is 0 Å². The molecule has 160 valence electrons. The van der Waals surface area contributed by atoms with E-state index in [0.717, 1.165) is 41.0 Å². The number of nitrogens with one attached hydrogen (secondary N) is 1. The zero-order valence-electron chi connectivity index (χ0n) is 16.9. The van der Waals surface area contributed by atoms with Crippen LogP contribution in [0.5, 0.6) is 0 Å². The number of amides is 1. The van der Waals surface area contributed by atoms with Crippen molar-refractivity contribution in [1.29, 1.82) is 0 Å². The SMILES string of the molecule is O=C(Nc1ccc(Cl)c(-c2ccc3ncccc3n2)c1)c1ccc(N2CCCS2)cc1Cl. The first-order valence-corrected chi connectivity index (χ1v) is 11.8. The van der Waals surface area contributed by atoms with Gasteiger partial charge < -0.3 is 9.62 Å². The quantitative estimate of drug-likeness (QED) is 0.328. The van der Waals surface area contributed by atoms with Gasteiger partial charge in [-0.3, -0.25) is 9.78 Å². The van der Waals surface area contributed by atoms with Crippen LogP contribution in [0.2, 0.25) is 10.0 Å². The fourth-order valence-electron chi connectivity index (χ4n) is 3.60. The van der Waals surface area contributed by atoms with Gasteiger partial charge in [-0.05, 0) is 79.0 Å². The van der Waals surface area contributed by atoms with Crippen molar-refractivity contribution in [3.8, 4) is 11.3 Å². The van der Waals surface area contributed by atoms with Crippen LogP contribution in [-0.4, -0.2) is 28.2 Å². The van der Waals surface area contributed by atoms with Gasteiger partial charge in [-0.2, -0.15) is 0 Å². The Kier molecular flexibility index (Phi) is 5.91. The Morgan fingerprint density at radius 1 is 1.00 bits per heavy atom. The Morgan fingerprint density at radius 2 is 1.91 bits per heavy atom. The summed E-state index contributed by atoms with van der Waals surface area (Å²) in [6.07, 6.45) is 2.88. The number of fused-ring (bicyclic) bond motifs is 1. The van der Waals surface area contributed by atoms with Crippen molar-refractivity contribution in [1.82, 2.24) is 9.97 Å². The minimum atomic E-state index is -0.278. The molecule has 2 aromatic heterocycles. The van der Waals surface area contributed by atoms with E-state index in [2.05, 4.69) is 19.6 Å². The molecule has 5 nitrogen and oxygen atoms in total. The van der Waals surface area contributed by atoms with Crippen molar-refractivity contribution < 1.29 is 4.79 Å². The second kappa shape index (κ2) is 8.98. The average Bonchev–Trinajstić information content (AvgIpc) is 3.35. The van der Waals surface area contributed by atoms with Crippen LogP contribution >= 0.6 is 35.1 Å². The Balaban J connectivity index is 1.40. The predicted octanol–water partition coefficient (Wildman–Crippen LogP) is 6.71. The number of aromatic nitrogens is 2. The monoisotopic (exact) mass is 480 g/mol. The van der Waals surface area contributed by atoms with E-state index in [1.165, 1.54) is 0 Å². The Morgan fingerprint density at radius 3 is 2.72 bits per heavy atom. The minimum absolute atomic E-state index is 0.278. The van der Waals surface area contributed by atoms with Crippen molar-refractivity contribution in [2.45, 2.75) is 6.42 Å². The Hall–Kier alpha value is -2.80. The largest absolute Gasteiger partial charge is 0.322 e. The molecule has 5 rings (SSSR count). The molecule has 0 bridgehead atoms. The summed E-state index contributed by atoms with van der Waals surface area (Å²) in [5.41, 5.74) is 5.06. The molecule has 1 aliphatic heterocycles. The maximum atomic E-state index is 12.9.